The Morgan fingerprint density at radius 1 is 1.12 bits per heavy atom. The molecule has 0 saturated carbocycles. The number of carboxylic acid groups (broad SMARTS) is 1. The van der Waals surface area contributed by atoms with Gasteiger partial charge in [-0.3, -0.25) is 9.59 Å². The fraction of sp³-hybridized carbons (Fsp3) is 0.300. The highest BCUT2D eigenvalue weighted by atomic mass is 35.5. The molecule has 2 aromatic rings. The lowest BCUT2D eigenvalue weighted by Crippen LogP contribution is -2.33. The van der Waals surface area contributed by atoms with E-state index in [1.165, 1.54) is 0 Å². The average Bonchev–Trinajstić information content (AvgIpc) is 3.07. The number of ether oxygens (including phenoxy) is 1. The Balaban J connectivity index is 1.66. The number of carbonyl (C=O) groups is 2. The molecule has 6 heteroatoms. The summed E-state index contributed by atoms with van der Waals surface area (Å²) in [5.41, 5.74) is 1.98. The fourth-order valence-corrected chi connectivity index (χ4v) is 3.30. The van der Waals surface area contributed by atoms with E-state index >= 15 is 0 Å². The average molecular weight is 374 g/mol. The van der Waals surface area contributed by atoms with Gasteiger partial charge in [0.1, 0.15) is 5.75 Å². The first-order valence-corrected chi connectivity index (χ1v) is 8.77. The van der Waals surface area contributed by atoms with Crippen molar-refractivity contribution in [2.75, 3.05) is 19.7 Å². The molecule has 1 heterocycles. The largest absolute Gasteiger partial charge is 0.484 e. The van der Waals surface area contributed by atoms with E-state index in [4.69, 9.17) is 16.3 Å². The zero-order valence-corrected chi connectivity index (χ0v) is 15.1. The first-order valence-electron chi connectivity index (χ1n) is 8.39. The van der Waals surface area contributed by atoms with Gasteiger partial charge in [0, 0.05) is 24.0 Å². The normalized spacial score (nSPS) is 19.4. The maximum atomic E-state index is 12.5. The highest BCUT2D eigenvalue weighted by Crippen LogP contribution is 2.33. The van der Waals surface area contributed by atoms with Crippen molar-refractivity contribution in [1.82, 2.24) is 4.90 Å². The summed E-state index contributed by atoms with van der Waals surface area (Å²) < 4.78 is 5.53. The Morgan fingerprint density at radius 2 is 1.77 bits per heavy atom. The van der Waals surface area contributed by atoms with Crippen LogP contribution in [0.25, 0.3) is 0 Å². The van der Waals surface area contributed by atoms with Gasteiger partial charge in [-0.15, -0.1) is 0 Å². The lowest BCUT2D eigenvalue weighted by Gasteiger charge is -2.17. The molecule has 0 aliphatic carbocycles. The molecule has 0 aromatic heterocycles. The van der Waals surface area contributed by atoms with E-state index in [-0.39, 0.29) is 25.0 Å². The van der Waals surface area contributed by atoms with Crippen molar-refractivity contribution in [1.29, 1.82) is 0 Å². The molecule has 3 rings (SSSR count). The second kappa shape index (κ2) is 7.79. The van der Waals surface area contributed by atoms with Gasteiger partial charge in [-0.1, -0.05) is 41.4 Å². The SMILES string of the molecule is Cc1ccc(OCC(=O)N2C[C@@H](C(=O)O)[C@H](c3ccc(Cl)cc3)C2)cc1. The molecule has 1 N–H and O–H groups in total. The molecule has 0 radical (unpaired) electrons. The summed E-state index contributed by atoms with van der Waals surface area (Å²) in [7, 11) is 0. The zero-order valence-electron chi connectivity index (χ0n) is 14.4. The number of aliphatic carboxylic acids is 1. The topological polar surface area (TPSA) is 66.8 Å². The smallest absolute Gasteiger partial charge is 0.308 e. The number of carbonyl (C=O) groups excluding carboxylic acids is 1. The minimum absolute atomic E-state index is 0.108. The predicted molar refractivity (Wildman–Crippen MR) is 98.6 cm³/mol. The molecule has 1 aliphatic rings. The van der Waals surface area contributed by atoms with E-state index in [2.05, 4.69) is 0 Å². The van der Waals surface area contributed by atoms with Crippen molar-refractivity contribution in [2.24, 2.45) is 5.92 Å². The molecule has 26 heavy (non-hydrogen) atoms. The molecular weight excluding hydrogens is 354 g/mol. The zero-order chi connectivity index (χ0) is 18.7. The summed E-state index contributed by atoms with van der Waals surface area (Å²) in [4.78, 5) is 25.7. The summed E-state index contributed by atoms with van der Waals surface area (Å²) in [5, 5.41) is 10.1. The van der Waals surface area contributed by atoms with Crippen molar-refractivity contribution in [2.45, 2.75) is 12.8 Å². The van der Waals surface area contributed by atoms with Crippen LogP contribution in [-0.4, -0.2) is 41.6 Å². The Hall–Kier alpha value is -2.53. The molecule has 5 nitrogen and oxygen atoms in total. The number of halogens is 1. The quantitative estimate of drug-likeness (QED) is 0.872. The molecule has 2 atom stereocenters. The number of hydrogen-bond acceptors (Lipinski definition) is 3. The lowest BCUT2D eigenvalue weighted by molar-refractivity contribution is -0.142. The maximum absolute atomic E-state index is 12.5. The number of benzene rings is 2. The Kier molecular flexibility index (Phi) is 5.47. The highest BCUT2D eigenvalue weighted by Gasteiger charge is 2.40. The molecule has 0 spiro atoms. The van der Waals surface area contributed by atoms with Crippen LogP contribution in [0.5, 0.6) is 5.75 Å². The third-order valence-corrected chi connectivity index (χ3v) is 4.92. The number of hydrogen-bond donors (Lipinski definition) is 1. The van der Waals surface area contributed by atoms with Gasteiger partial charge >= 0.3 is 5.97 Å². The number of rotatable bonds is 5. The van der Waals surface area contributed by atoms with Crippen molar-refractivity contribution < 1.29 is 19.4 Å². The van der Waals surface area contributed by atoms with Crippen molar-refractivity contribution in [3.63, 3.8) is 0 Å². The van der Waals surface area contributed by atoms with Crippen LogP contribution in [0, 0.1) is 12.8 Å². The number of amides is 1. The van der Waals surface area contributed by atoms with Gasteiger partial charge in [-0.2, -0.15) is 0 Å². The van der Waals surface area contributed by atoms with Gasteiger partial charge in [0.25, 0.3) is 5.91 Å². The van der Waals surface area contributed by atoms with Crippen molar-refractivity contribution in [3.8, 4) is 5.75 Å². The number of likely N-dealkylation sites (tertiary alicyclic amines) is 1. The number of nitrogens with zero attached hydrogens (tertiary/aromatic N) is 1. The highest BCUT2D eigenvalue weighted by molar-refractivity contribution is 6.30. The first-order chi connectivity index (χ1) is 12.4. The summed E-state index contributed by atoms with van der Waals surface area (Å²) in [6, 6.07) is 14.5. The van der Waals surface area contributed by atoms with Crippen LogP contribution in [-0.2, 0) is 9.59 Å². The third-order valence-electron chi connectivity index (χ3n) is 4.67. The lowest BCUT2D eigenvalue weighted by atomic mass is 9.89. The molecule has 1 aliphatic heterocycles. The van der Waals surface area contributed by atoms with Crippen LogP contribution in [0.2, 0.25) is 5.02 Å². The van der Waals surface area contributed by atoms with E-state index in [0.29, 0.717) is 17.3 Å². The van der Waals surface area contributed by atoms with E-state index < -0.39 is 11.9 Å². The number of aryl methyl sites for hydroxylation is 1. The molecule has 2 aromatic carbocycles. The number of carboxylic acids is 1. The first kappa shape index (κ1) is 18.3. The van der Waals surface area contributed by atoms with Crippen LogP contribution in [0.3, 0.4) is 0 Å². The molecule has 0 unspecified atom stereocenters. The fourth-order valence-electron chi connectivity index (χ4n) is 3.18. The molecular formula is C20H20ClNO4. The summed E-state index contributed by atoms with van der Waals surface area (Å²) >= 11 is 5.91. The summed E-state index contributed by atoms with van der Waals surface area (Å²) in [5.74, 6) is -1.40. The van der Waals surface area contributed by atoms with Gasteiger partial charge in [0.15, 0.2) is 6.61 Å². The van der Waals surface area contributed by atoms with Crippen LogP contribution in [0.15, 0.2) is 48.5 Å². The van der Waals surface area contributed by atoms with Gasteiger partial charge in [-0.25, -0.2) is 0 Å². The maximum Gasteiger partial charge on any atom is 0.308 e. The minimum Gasteiger partial charge on any atom is -0.484 e. The second-order valence-electron chi connectivity index (χ2n) is 6.50. The molecule has 1 saturated heterocycles. The molecule has 0 bridgehead atoms. The summed E-state index contributed by atoms with van der Waals surface area (Å²) in [6.07, 6.45) is 0. The molecule has 136 valence electrons. The standard InChI is InChI=1S/C20H20ClNO4/c1-13-2-8-16(9-3-13)26-12-19(23)22-10-17(18(11-22)20(24)25)14-4-6-15(21)7-5-14/h2-9,17-18H,10-12H2,1H3,(H,24,25)/t17-,18+/m0/s1. The van der Waals surface area contributed by atoms with Crippen LogP contribution in [0.1, 0.15) is 17.0 Å². The van der Waals surface area contributed by atoms with Gasteiger partial charge in [0.2, 0.25) is 0 Å². The van der Waals surface area contributed by atoms with E-state index in [9.17, 15) is 14.7 Å². The molecule has 1 fully saturated rings. The van der Waals surface area contributed by atoms with Crippen LogP contribution < -0.4 is 4.74 Å². The van der Waals surface area contributed by atoms with E-state index in [1.54, 1.807) is 17.0 Å². The van der Waals surface area contributed by atoms with E-state index in [0.717, 1.165) is 11.1 Å². The monoisotopic (exact) mass is 373 g/mol. The Morgan fingerprint density at radius 3 is 2.38 bits per heavy atom. The predicted octanol–water partition coefficient (Wildman–Crippen LogP) is 3.35. The third kappa shape index (κ3) is 4.17. The van der Waals surface area contributed by atoms with Gasteiger partial charge < -0.3 is 14.7 Å². The van der Waals surface area contributed by atoms with Crippen molar-refractivity contribution in [3.05, 3.63) is 64.7 Å². The van der Waals surface area contributed by atoms with Crippen molar-refractivity contribution >= 4 is 23.5 Å². The second-order valence-corrected chi connectivity index (χ2v) is 6.94. The van der Waals surface area contributed by atoms with Gasteiger partial charge in [0.05, 0.1) is 5.92 Å². The molecule has 1 amide bonds. The van der Waals surface area contributed by atoms with Crippen LogP contribution in [0.4, 0.5) is 0 Å². The summed E-state index contributed by atoms with van der Waals surface area (Å²) in [6.45, 7) is 2.40. The van der Waals surface area contributed by atoms with Crippen LogP contribution >= 0.6 is 11.6 Å². The minimum atomic E-state index is -0.903. The van der Waals surface area contributed by atoms with E-state index in [1.807, 2.05) is 43.3 Å². The Bertz CT molecular complexity index is 788. The van der Waals surface area contributed by atoms with Gasteiger partial charge in [-0.05, 0) is 36.8 Å². The Labute approximate surface area is 157 Å².